The van der Waals surface area contributed by atoms with Crippen LogP contribution in [0.2, 0.25) is 0 Å². The first-order chi connectivity index (χ1) is 13.9. The molecule has 2 aromatic carbocycles. The van der Waals surface area contributed by atoms with Gasteiger partial charge in [0.1, 0.15) is 18.1 Å². The normalized spacial score (nSPS) is 11.5. The number of hydrogen-bond acceptors (Lipinski definition) is 7. The molecule has 2 aromatic heterocycles. The smallest absolute Gasteiger partial charge is 0.271 e. The molecular weight excluding hydrogens is 394 g/mol. The molecule has 2 N–H and O–H groups in total. The van der Waals surface area contributed by atoms with Crippen molar-refractivity contribution in [2.24, 2.45) is 5.14 Å². The second kappa shape index (κ2) is 7.53. The lowest BCUT2D eigenvalue weighted by Gasteiger charge is -2.09. The van der Waals surface area contributed by atoms with E-state index in [-0.39, 0.29) is 11.0 Å². The first-order valence-electron chi connectivity index (χ1n) is 8.65. The van der Waals surface area contributed by atoms with E-state index < -0.39 is 10.0 Å². The number of para-hydroxylation sites is 1. The molecule has 0 saturated carbocycles. The standard InChI is InChI=1S/C20H17N3O5S/c1-13-16(11-18(27-13)29(21,24)25)20-22-19(23-28-20)15-9-5-6-10-17(15)26-12-14-7-3-2-4-8-14/h2-11H,12H2,1H3,(H2,21,24,25). The van der Waals surface area contributed by atoms with Crippen LogP contribution in [0.4, 0.5) is 0 Å². The molecule has 8 nitrogen and oxygen atoms in total. The molecule has 0 amide bonds. The topological polar surface area (TPSA) is 121 Å². The summed E-state index contributed by atoms with van der Waals surface area (Å²) in [5.74, 6) is 1.33. The summed E-state index contributed by atoms with van der Waals surface area (Å²) in [6.45, 7) is 1.98. The van der Waals surface area contributed by atoms with Gasteiger partial charge in [-0.15, -0.1) is 0 Å². The molecule has 0 atom stereocenters. The lowest BCUT2D eigenvalue weighted by Crippen LogP contribution is -2.10. The van der Waals surface area contributed by atoms with Crippen LogP contribution in [-0.2, 0) is 16.6 Å². The Bertz CT molecular complexity index is 1250. The van der Waals surface area contributed by atoms with Crippen LogP contribution in [0.5, 0.6) is 5.75 Å². The van der Waals surface area contributed by atoms with Gasteiger partial charge in [0.05, 0.1) is 11.1 Å². The largest absolute Gasteiger partial charge is 0.488 e. The first-order valence-corrected chi connectivity index (χ1v) is 10.2. The molecule has 0 spiro atoms. The summed E-state index contributed by atoms with van der Waals surface area (Å²) in [5, 5.41) is 8.75. The Kier molecular flexibility index (Phi) is 4.91. The average molecular weight is 411 g/mol. The van der Waals surface area contributed by atoms with Gasteiger partial charge in [0.2, 0.25) is 10.9 Å². The maximum atomic E-state index is 11.5. The number of ether oxygens (including phenoxy) is 1. The summed E-state index contributed by atoms with van der Waals surface area (Å²) < 4.78 is 39.4. The number of sulfonamides is 1. The summed E-state index contributed by atoms with van der Waals surface area (Å²) in [6.07, 6.45) is 0. The molecule has 0 fully saturated rings. The van der Waals surface area contributed by atoms with Gasteiger partial charge in [0, 0.05) is 6.07 Å². The molecule has 0 aliphatic rings. The van der Waals surface area contributed by atoms with Crippen molar-refractivity contribution in [1.29, 1.82) is 0 Å². The number of aromatic nitrogens is 2. The molecule has 0 aliphatic heterocycles. The number of nitrogens with two attached hydrogens (primary N) is 1. The Morgan fingerprint density at radius 3 is 2.48 bits per heavy atom. The summed E-state index contributed by atoms with van der Waals surface area (Å²) in [4.78, 5) is 4.37. The fourth-order valence-electron chi connectivity index (χ4n) is 2.76. The second-order valence-corrected chi connectivity index (χ2v) is 7.77. The van der Waals surface area contributed by atoms with Crippen LogP contribution in [0.1, 0.15) is 11.3 Å². The molecule has 29 heavy (non-hydrogen) atoms. The Morgan fingerprint density at radius 1 is 1.03 bits per heavy atom. The van der Waals surface area contributed by atoms with Crippen LogP contribution in [-0.4, -0.2) is 18.6 Å². The van der Waals surface area contributed by atoms with Crippen LogP contribution < -0.4 is 9.88 Å². The number of rotatable bonds is 6. The predicted molar refractivity (Wildman–Crippen MR) is 104 cm³/mol. The van der Waals surface area contributed by atoms with E-state index in [1.54, 1.807) is 6.92 Å². The number of furan rings is 1. The highest BCUT2D eigenvalue weighted by Crippen LogP contribution is 2.32. The van der Waals surface area contributed by atoms with Gasteiger partial charge in [-0.05, 0) is 24.6 Å². The summed E-state index contributed by atoms with van der Waals surface area (Å²) in [5.41, 5.74) is 2.03. The van der Waals surface area contributed by atoms with Crippen molar-refractivity contribution in [3.05, 3.63) is 72.0 Å². The highest BCUT2D eigenvalue weighted by Gasteiger charge is 2.22. The van der Waals surface area contributed by atoms with Crippen molar-refractivity contribution in [3.63, 3.8) is 0 Å². The quantitative estimate of drug-likeness (QED) is 0.515. The molecule has 148 valence electrons. The van der Waals surface area contributed by atoms with Crippen molar-refractivity contribution in [3.8, 4) is 28.6 Å². The Labute approximate surface area is 167 Å². The van der Waals surface area contributed by atoms with E-state index in [4.69, 9.17) is 18.8 Å². The van der Waals surface area contributed by atoms with E-state index in [1.807, 2.05) is 54.6 Å². The third-order valence-electron chi connectivity index (χ3n) is 4.20. The molecule has 2 heterocycles. The minimum Gasteiger partial charge on any atom is -0.488 e. The number of primary sulfonamides is 1. The van der Waals surface area contributed by atoms with Gasteiger partial charge >= 0.3 is 0 Å². The average Bonchev–Trinajstić information content (AvgIpc) is 3.34. The van der Waals surface area contributed by atoms with Crippen LogP contribution in [0.3, 0.4) is 0 Å². The highest BCUT2D eigenvalue weighted by atomic mass is 32.2. The van der Waals surface area contributed by atoms with Gasteiger partial charge < -0.3 is 13.7 Å². The van der Waals surface area contributed by atoms with Gasteiger partial charge in [-0.2, -0.15) is 4.98 Å². The van der Waals surface area contributed by atoms with Crippen LogP contribution in [0.15, 0.2) is 74.7 Å². The molecular formula is C20H17N3O5S. The van der Waals surface area contributed by atoms with Gasteiger partial charge in [-0.25, -0.2) is 13.6 Å². The SMILES string of the molecule is Cc1oc(S(N)(=O)=O)cc1-c1nc(-c2ccccc2OCc2ccccc2)no1. The zero-order valence-electron chi connectivity index (χ0n) is 15.4. The van der Waals surface area contributed by atoms with E-state index in [0.717, 1.165) is 5.56 Å². The molecule has 4 aromatic rings. The molecule has 4 rings (SSSR count). The second-order valence-electron chi connectivity index (χ2n) is 6.27. The van der Waals surface area contributed by atoms with Gasteiger partial charge in [0.25, 0.3) is 15.9 Å². The third-order valence-corrected chi connectivity index (χ3v) is 4.96. The molecule has 0 aliphatic carbocycles. The van der Waals surface area contributed by atoms with Crippen LogP contribution in [0.25, 0.3) is 22.8 Å². The number of aryl methyl sites for hydroxylation is 1. The predicted octanol–water partition coefficient (Wildman–Crippen LogP) is 3.53. The Morgan fingerprint density at radius 2 is 1.76 bits per heavy atom. The fraction of sp³-hybridized carbons (Fsp3) is 0.100. The zero-order chi connectivity index (χ0) is 20.4. The minimum atomic E-state index is -3.97. The van der Waals surface area contributed by atoms with Gasteiger partial charge in [-0.3, -0.25) is 0 Å². The molecule has 0 saturated heterocycles. The van der Waals surface area contributed by atoms with Gasteiger partial charge in [-0.1, -0.05) is 47.6 Å². The number of nitrogens with zero attached hydrogens (tertiary/aromatic N) is 2. The van der Waals surface area contributed by atoms with E-state index in [2.05, 4.69) is 10.1 Å². The Hall–Kier alpha value is -3.43. The number of hydrogen-bond donors (Lipinski definition) is 1. The molecule has 0 bridgehead atoms. The highest BCUT2D eigenvalue weighted by molar-refractivity contribution is 7.89. The summed E-state index contributed by atoms with van der Waals surface area (Å²) in [7, 11) is -3.97. The van der Waals surface area contributed by atoms with Crippen molar-refractivity contribution in [1.82, 2.24) is 10.1 Å². The fourth-order valence-corrected chi connectivity index (χ4v) is 3.29. The molecule has 0 radical (unpaired) electrons. The van der Waals surface area contributed by atoms with Crippen molar-refractivity contribution in [2.75, 3.05) is 0 Å². The molecule has 0 unspecified atom stereocenters. The lowest BCUT2D eigenvalue weighted by atomic mass is 10.2. The molecule has 9 heteroatoms. The van der Waals surface area contributed by atoms with E-state index in [1.165, 1.54) is 6.07 Å². The number of benzene rings is 2. The van der Waals surface area contributed by atoms with E-state index >= 15 is 0 Å². The minimum absolute atomic E-state index is 0.119. The third kappa shape index (κ3) is 4.05. The van der Waals surface area contributed by atoms with Crippen molar-refractivity contribution < 1.29 is 22.1 Å². The van der Waals surface area contributed by atoms with Crippen molar-refractivity contribution in [2.45, 2.75) is 18.6 Å². The maximum absolute atomic E-state index is 11.5. The summed E-state index contributed by atoms with van der Waals surface area (Å²) in [6, 6.07) is 18.4. The van der Waals surface area contributed by atoms with Crippen LogP contribution in [0, 0.1) is 6.92 Å². The summed E-state index contributed by atoms with van der Waals surface area (Å²) >= 11 is 0. The maximum Gasteiger partial charge on any atom is 0.271 e. The monoisotopic (exact) mass is 411 g/mol. The van der Waals surface area contributed by atoms with E-state index in [9.17, 15) is 8.42 Å². The van der Waals surface area contributed by atoms with Crippen molar-refractivity contribution >= 4 is 10.0 Å². The lowest BCUT2D eigenvalue weighted by molar-refractivity contribution is 0.307. The Balaban J connectivity index is 1.63. The first kappa shape index (κ1) is 18.9. The van der Waals surface area contributed by atoms with E-state index in [0.29, 0.717) is 35.1 Å². The van der Waals surface area contributed by atoms with Gasteiger partial charge in [0.15, 0.2) is 0 Å². The van der Waals surface area contributed by atoms with Crippen LogP contribution >= 0.6 is 0 Å². The zero-order valence-corrected chi connectivity index (χ0v) is 16.2.